The van der Waals surface area contributed by atoms with E-state index in [0.29, 0.717) is 17.1 Å². The zero-order valence-electron chi connectivity index (χ0n) is 11.2. The number of alkyl carbamates (subject to hydrolysis) is 1. The van der Waals surface area contributed by atoms with E-state index in [4.69, 9.17) is 21.6 Å². The molecule has 0 heterocycles. The molecule has 106 valence electrons. The highest BCUT2D eigenvalue weighted by atomic mass is 35.5. The minimum atomic E-state index is -0.501. The van der Waals surface area contributed by atoms with E-state index in [2.05, 4.69) is 5.32 Å². The first-order valence-electron chi connectivity index (χ1n) is 6.32. The molecule has 5 heteroatoms. The first-order valence-corrected chi connectivity index (χ1v) is 6.70. The molecule has 4 nitrogen and oxygen atoms in total. The smallest absolute Gasteiger partial charge is 0.407 e. The van der Waals surface area contributed by atoms with Gasteiger partial charge in [0.2, 0.25) is 0 Å². The molecule has 2 aromatic rings. The van der Waals surface area contributed by atoms with E-state index >= 15 is 0 Å². The molecular weight excluding hydrogens is 288 g/mol. The van der Waals surface area contributed by atoms with Crippen molar-refractivity contribution >= 4 is 17.7 Å². The monoisotopic (exact) mass is 300 g/mol. The van der Waals surface area contributed by atoms with Crippen LogP contribution in [-0.2, 0) is 17.9 Å². The number of carbonyl (C=O) groups excluding carboxylic acids is 1. The van der Waals surface area contributed by atoms with Crippen molar-refractivity contribution in [3.05, 3.63) is 70.2 Å². The predicted molar refractivity (Wildman–Crippen MR) is 79.6 cm³/mol. The van der Waals surface area contributed by atoms with Crippen LogP contribution < -0.4 is 5.32 Å². The highest BCUT2D eigenvalue weighted by Crippen LogP contribution is 2.16. The Kier molecular flexibility index (Phi) is 5.19. The first kappa shape index (κ1) is 14.9. The number of halogens is 1. The number of amides is 1. The second-order valence-electron chi connectivity index (χ2n) is 4.34. The van der Waals surface area contributed by atoms with Crippen LogP contribution in [0.4, 0.5) is 4.79 Å². The summed E-state index contributed by atoms with van der Waals surface area (Å²) < 4.78 is 5.09. The Labute approximate surface area is 127 Å². The normalized spacial score (nSPS) is 9.71. The third kappa shape index (κ3) is 4.51. The number of ether oxygens (including phenoxy) is 1. The van der Waals surface area contributed by atoms with Gasteiger partial charge in [0.25, 0.3) is 0 Å². The summed E-state index contributed by atoms with van der Waals surface area (Å²) >= 11 is 5.92. The summed E-state index contributed by atoms with van der Waals surface area (Å²) in [5.41, 5.74) is 2.14. The zero-order valence-corrected chi connectivity index (χ0v) is 11.9. The van der Waals surface area contributed by atoms with Crippen molar-refractivity contribution in [3.63, 3.8) is 0 Å². The number of hydrogen-bond acceptors (Lipinski definition) is 3. The molecule has 21 heavy (non-hydrogen) atoms. The molecule has 0 atom stereocenters. The number of nitriles is 1. The second kappa shape index (κ2) is 7.32. The SMILES string of the molecule is N#Cc1ccc(CNC(=O)OCc2ccccc2)cc1Cl. The molecular formula is C16H13ClN2O2. The van der Waals surface area contributed by atoms with Gasteiger partial charge in [-0.1, -0.05) is 48.0 Å². The third-order valence-electron chi connectivity index (χ3n) is 2.80. The lowest BCUT2D eigenvalue weighted by atomic mass is 10.1. The summed E-state index contributed by atoms with van der Waals surface area (Å²) in [5.74, 6) is 0. The van der Waals surface area contributed by atoms with Gasteiger partial charge in [-0.05, 0) is 23.3 Å². The lowest BCUT2D eigenvalue weighted by molar-refractivity contribution is 0.139. The number of nitrogens with zero attached hydrogens (tertiary/aromatic N) is 1. The highest BCUT2D eigenvalue weighted by molar-refractivity contribution is 6.31. The van der Waals surface area contributed by atoms with E-state index in [-0.39, 0.29) is 6.61 Å². The number of hydrogen-bond donors (Lipinski definition) is 1. The number of benzene rings is 2. The Bertz CT molecular complexity index is 666. The standard InChI is InChI=1S/C16H13ClN2O2/c17-15-8-13(6-7-14(15)9-18)10-19-16(20)21-11-12-4-2-1-3-5-12/h1-8H,10-11H2,(H,19,20). The summed E-state index contributed by atoms with van der Waals surface area (Å²) in [6.45, 7) is 0.514. The van der Waals surface area contributed by atoms with Crippen molar-refractivity contribution in [2.24, 2.45) is 0 Å². The molecule has 0 spiro atoms. The molecule has 0 bridgehead atoms. The Morgan fingerprint density at radius 2 is 1.95 bits per heavy atom. The largest absolute Gasteiger partial charge is 0.445 e. The van der Waals surface area contributed by atoms with E-state index in [0.717, 1.165) is 11.1 Å². The first-order chi connectivity index (χ1) is 10.2. The van der Waals surface area contributed by atoms with Gasteiger partial charge in [-0.15, -0.1) is 0 Å². The van der Waals surface area contributed by atoms with Crippen LogP contribution in [0.3, 0.4) is 0 Å². The third-order valence-corrected chi connectivity index (χ3v) is 3.12. The van der Waals surface area contributed by atoms with Gasteiger partial charge in [-0.2, -0.15) is 5.26 Å². The molecule has 0 radical (unpaired) electrons. The maximum atomic E-state index is 11.6. The highest BCUT2D eigenvalue weighted by Gasteiger charge is 2.05. The van der Waals surface area contributed by atoms with Gasteiger partial charge in [-0.25, -0.2) is 4.79 Å². The predicted octanol–water partition coefficient (Wildman–Crippen LogP) is 3.64. The molecule has 0 fully saturated rings. The summed E-state index contributed by atoms with van der Waals surface area (Å²) in [4.78, 5) is 11.6. The van der Waals surface area contributed by atoms with Crippen molar-refractivity contribution in [1.82, 2.24) is 5.32 Å². The summed E-state index contributed by atoms with van der Waals surface area (Å²) in [6.07, 6.45) is -0.501. The molecule has 0 saturated heterocycles. The van der Waals surface area contributed by atoms with Crippen molar-refractivity contribution in [1.29, 1.82) is 5.26 Å². The van der Waals surface area contributed by atoms with Crippen LogP contribution in [0.25, 0.3) is 0 Å². The van der Waals surface area contributed by atoms with Crippen LogP contribution in [0.1, 0.15) is 16.7 Å². The number of carbonyl (C=O) groups is 1. The minimum absolute atomic E-state index is 0.223. The molecule has 0 aliphatic heterocycles. The van der Waals surface area contributed by atoms with Crippen LogP contribution >= 0.6 is 11.6 Å². The van der Waals surface area contributed by atoms with E-state index in [1.54, 1.807) is 18.2 Å². The van der Waals surface area contributed by atoms with Crippen LogP contribution in [0.5, 0.6) is 0 Å². The molecule has 0 aliphatic carbocycles. The maximum Gasteiger partial charge on any atom is 0.407 e. The minimum Gasteiger partial charge on any atom is -0.445 e. The summed E-state index contributed by atoms with van der Waals surface area (Å²) in [5, 5.41) is 11.8. The maximum absolute atomic E-state index is 11.6. The summed E-state index contributed by atoms with van der Waals surface area (Å²) in [6, 6.07) is 16.4. The molecule has 0 unspecified atom stereocenters. The fourth-order valence-corrected chi connectivity index (χ4v) is 1.95. The van der Waals surface area contributed by atoms with Gasteiger partial charge in [-0.3, -0.25) is 0 Å². The molecule has 0 aliphatic rings. The van der Waals surface area contributed by atoms with E-state index in [1.165, 1.54) is 0 Å². The Morgan fingerprint density at radius 3 is 2.62 bits per heavy atom. The van der Waals surface area contributed by atoms with Gasteiger partial charge < -0.3 is 10.1 Å². The molecule has 1 N–H and O–H groups in total. The van der Waals surface area contributed by atoms with Crippen molar-refractivity contribution in [3.8, 4) is 6.07 Å². The van der Waals surface area contributed by atoms with Crippen molar-refractivity contribution in [2.45, 2.75) is 13.2 Å². The van der Waals surface area contributed by atoms with Crippen LogP contribution in [0.2, 0.25) is 5.02 Å². The van der Waals surface area contributed by atoms with Gasteiger partial charge in [0.1, 0.15) is 12.7 Å². The average Bonchev–Trinajstić information content (AvgIpc) is 2.52. The molecule has 0 saturated carbocycles. The van der Waals surface area contributed by atoms with Gasteiger partial charge >= 0.3 is 6.09 Å². The Morgan fingerprint density at radius 1 is 1.19 bits per heavy atom. The van der Waals surface area contributed by atoms with Gasteiger partial charge in [0.05, 0.1) is 10.6 Å². The fraction of sp³-hybridized carbons (Fsp3) is 0.125. The van der Waals surface area contributed by atoms with E-state index < -0.39 is 6.09 Å². The van der Waals surface area contributed by atoms with Gasteiger partial charge in [0.15, 0.2) is 0 Å². The zero-order chi connectivity index (χ0) is 15.1. The van der Waals surface area contributed by atoms with E-state index in [1.807, 2.05) is 36.4 Å². The fourth-order valence-electron chi connectivity index (χ4n) is 1.71. The lowest BCUT2D eigenvalue weighted by Gasteiger charge is -2.07. The molecule has 0 aromatic heterocycles. The Hall–Kier alpha value is -2.51. The summed E-state index contributed by atoms with van der Waals surface area (Å²) in [7, 11) is 0. The topological polar surface area (TPSA) is 62.1 Å². The second-order valence-corrected chi connectivity index (χ2v) is 4.75. The quantitative estimate of drug-likeness (QED) is 0.937. The van der Waals surface area contributed by atoms with E-state index in [9.17, 15) is 4.79 Å². The molecule has 2 rings (SSSR count). The number of nitrogens with one attached hydrogen (secondary N) is 1. The average molecular weight is 301 g/mol. The number of rotatable bonds is 4. The van der Waals surface area contributed by atoms with Crippen LogP contribution in [0, 0.1) is 11.3 Å². The lowest BCUT2D eigenvalue weighted by Crippen LogP contribution is -2.23. The van der Waals surface area contributed by atoms with Crippen LogP contribution in [-0.4, -0.2) is 6.09 Å². The molecule has 1 amide bonds. The van der Waals surface area contributed by atoms with Crippen molar-refractivity contribution in [2.75, 3.05) is 0 Å². The Balaban J connectivity index is 1.81. The van der Waals surface area contributed by atoms with Gasteiger partial charge in [0, 0.05) is 6.54 Å². The molecule has 2 aromatic carbocycles. The van der Waals surface area contributed by atoms with Crippen LogP contribution in [0.15, 0.2) is 48.5 Å². The van der Waals surface area contributed by atoms with Crippen molar-refractivity contribution < 1.29 is 9.53 Å².